The van der Waals surface area contributed by atoms with E-state index >= 15 is 0 Å². The van der Waals surface area contributed by atoms with E-state index in [1.807, 2.05) is 0 Å². The third kappa shape index (κ3) is 6.90. The summed E-state index contributed by atoms with van der Waals surface area (Å²) in [5.74, 6) is -4.96. The number of nitrogens with zero attached hydrogens (tertiary/aromatic N) is 3. The number of halogens is 4. The summed E-state index contributed by atoms with van der Waals surface area (Å²) in [5, 5.41) is 18.8. The van der Waals surface area contributed by atoms with Crippen molar-refractivity contribution in [3.05, 3.63) is 125 Å². The van der Waals surface area contributed by atoms with E-state index in [1.165, 1.54) is 27.8 Å². The zero-order valence-corrected chi connectivity index (χ0v) is 24.7. The Morgan fingerprint density at radius 2 is 1.68 bits per heavy atom. The van der Waals surface area contributed by atoms with E-state index in [2.05, 4.69) is 10.6 Å². The first-order chi connectivity index (χ1) is 22.4. The number of alkyl halides is 3. The molecule has 0 saturated carbocycles. The quantitative estimate of drug-likeness (QED) is 0.180. The van der Waals surface area contributed by atoms with Crippen LogP contribution in [0.5, 0.6) is 0 Å². The zero-order chi connectivity index (χ0) is 33.9. The molecule has 0 spiro atoms. The Bertz CT molecular complexity index is 1860. The normalized spacial score (nSPS) is 16.2. The molecule has 0 bridgehead atoms. The fourth-order valence-corrected chi connectivity index (χ4v) is 5.42. The van der Waals surface area contributed by atoms with Gasteiger partial charge in [0.1, 0.15) is 17.7 Å². The first-order valence-corrected chi connectivity index (χ1v) is 14.3. The molecule has 0 radical (unpaired) electrons. The van der Waals surface area contributed by atoms with Gasteiger partial charge in [-0.2, -0.15) is 18.3 Å². The summed E-state index contributed by atoms with van der Waals surface area (Å²) >= 11 is 0. The zero-order valence-electron chi connectivity index (χ0n) is 24.7. The minimum Gasteiger partial charge on any atom is -0.478 e. The van der Waals surface area contributed by atoms with Crippen LogP contribution >= 0.6 is 0 Å². The van der Waals surface area contributed by atoms with Gasteiger partial charge in [0, 0.05) is 35.7 Å². The molecule has 4 aromatic rings. The van der Waals surface area contributed by atoms with E-state index in [1.54, 1.807) is 37.3 Å². The smallest absolute Gasteiger partial charge is 0.416 e. The van der Waals surface area contributed by atoms with Crippen molar-refractivity contribution in [2.24, 2.45) is 0 Å². The highest BCUT2D eigenvalue weighted by atomic mass is 19.4. The topological polar surface area (TPSA) is 134 Å². The Morgan fingerprint density at radius 1 is 0.979 bits per heavy atom. The lowest BCUT2D eigenvalue weighted by molar-refractivity contribution is -0.137. The molecule has 5 rings (SSSR count). The van der Waals surface area contributed by atoms with Crippen molar-refractivity contribution in [2.75, 3.05) is 11.4 Å². The first-order valence-electron chi connectivity index (χ1n) is 14.3. The van der Waals surface area contributed by atoms with Gasteiger partial charge in [0.15, 0.2) is 0 Å². The molecule has 3 amide bonds. The predicted molar refractivity (Wildman–Crippen MR) is 161 cm³/mol. The molecule has 3 aromatic carbocycles. The maximum Gasteiger partial charge on any atom is 0.416 e. The number of para-hydroxylation sites is 1. The molecule has 1 aliphatic rings. The molecule has 0 fully saturated rings. The molecular formula is C33H27F4N5O5. The van der Waals surface area contributed by atoms with Gasteiger partial charge in [0.25, 0.3) is 11.8 Å². The number of fused-ring (bicyclic) bond motifs is 1. The molecule has 0 aliphatic carbocycles. The van der Waals surface area contributed by atoms with Crippen molar-refractivity contribution < 1.29 is 41.8 Å². The Hall–Kier alpha value is -5.79. The molecule has 14 heteroatoms. The Morgan fingerprint density at radius 3 is 2.32 bits per heavy atom. The summed E-state index contributed by atoms with van der Waals surface area (Å²) in [7, 11) is 0. The number of rotatable bonds is 9. The van der Waals surface area contributed by atoms with Crippen molar-refractivity contribution in [2.45, 2.75) is 31.6 Å². The standard InChI is InChI=1S/C33H27F4N5O5/c1-2-41-31-28(24(18-38-25(43)15-16-26(44)45)40-42(31)23-9-4-3-5-10-23)27(19-11-13-22(34)14-12-19)29(32(41)47)39-30(46)20-7-6-8-21(17-20)33(35,36)37/h3-17,27,29H,2,18H2,1H3,(H,38,43)(H,39,46)(H,44,45)/t27-,29-/m0/s1. The summed E-state index contributed by atoms with van der Waals surface area (Å²) in [4.78, 5) is 52.5. The van der Waals surface area contributed by atoms with Crippen molar-refractivity contribution in [1.29, 1.82) is 0 Å². The number of hydrogen-bond acceptors (Lipinski definition) is 5. The molecule has 0 saturated heterocycles. The lowest BCUT2D eigenvalue weighted by Crippen LogP contribution is -2.55. The SMILES string of the molecule is CCN1C(=O)[C@@H](NC(=O)c2cccc(C(F)(F)F)c2)[C@@H](c2ccc(F)cc2)c2c(CNC(=O)C=CC(=O)O)nn(-c3ccccc3)c21. The number of aliphatic carboxylic acids is 1. The van der Waals surface area contributed by atoms with Crippen LogP contribution in [0.2, 0.25) is 0 Å². The molecule has 3 N–H and O–H groups in total. The summed E-state index contributed by atoms with van der Waals surface area (Å²) in [6, 6.07) is 16.3. The summed E-state index contributed by atoms with van der Waals surface area (Å²) in [6.45, 7) is 1.53. The second kappa shape index (κ2) is 13.3. The molecule has 2 heterocycles. The predicted octanol–water partition coefficient (Wildman–Crippen LogP) is 4.58. The van der Waals surface area contributed by atoms with Gasteiger partial charge in [-0.15, -0.1) is 0 Å². The van der Waals surface area contributed by atoms with E-state index in [9.17, 15) is 36.7 Å². The van der Waals surface area contributed by atoms with E-state index in [0.717, 1.165) is 30.3 Å². The number of anilines is 1. The number of amides is 3. The molecule has 47 heavy (non-hydrogen) atoms. The molecular weight excluding hydrogens is 622 g/mol. The van der Waals surface area contributed by atoms with Crippen molar-refractivity contribution >= 4 is 29.5 Å². The number of aromatic nitrogens is 2. The van der Waals surface area contributed by atoms with Crippen LogP contribution in [0.3, 0.4) is 0 Å². The van der Waals surface area contributed by atoms with Crippen molar-refractivity contribution in [3.63, 3.8) is 0 Å². The maximum absolute atomic E-state index is 14.3. The summed E-state index contributed by atoms with van der Waals surface area (Å²) < 4.78 is 55.9. The molecule has 10 nitrogen and oxygen atoms in total. The van der Waals surface area contributed by atoms with Gasteiger partial charge in [-0.05, 0) is 55.0 Å². The van der Waals surface area contributed by atoms with E-state index < -0.39 is 53.2 Å². The fourth-order valence-electron chi connectivity index (χ4n) is 5.42. The first kappa shape index (κ1) is 32.6. The average Bonchev–Trinajstić information content (AvgIpc) is 3.42. The van der Waals surface area contributed by atoms with Crippen LogP contribution in [-0.4, -0.2) is 51.2 Å². The van der Waals surface area contributed by atoms with Crippen molar-refractivity contribution in [1.82, 2.24) is 20.4 Å². The Balaban J connectivity index is 1.68. The third-order valence-corrected chi connectivity index (χ3v) is 7.50. The average molecular weight is 650 g/mol. The molecule has 1 aromatic heterocycles. The number of carboxylic acid groups (broad SMARTS) is 1. The van der Waals surface area contributed by atoms with Crippen LogP contribution in [0.1, 0.15) is 45.6 Å². The molecule has 1 aliphatic heterocycles. The van der Waals surface area contributed by atoms with E-state index in [4.69, 9.17) is 10.2 Å². The number of likely N-dealkylation sites (N-methyl/N-ethyl adjacent to an activating group) is 1. The van der Waals surface area contributed by atoms with Crippen molar-refractivity contribution in [3.8, 4) is 5.69 Å². The second-order valence-corrected chi connectivity index (χ2v) is 10.5. The number of carboxylic acids is 1. The largest absolute Gasteiger partial charge is 0.478 e. The van der Waals surface area contributed by atoms with Gasteiger partial charge in [-0.1, -0.05) is 36.4 Å². The number of carbonyl (C=O) groups is 4. The van der Waals surface area contributed by atoms with E-state index in [-0.39, 0.29) is 24.3 Å². The highest BCUT2D eigenvalue weighted by molar-refractivity contribution is 6.05. The highest BCUT2D eigenvalue weighted by Crippen LogP contribution is 2.43. The molecule has 0 unspecified atom stereocenters. The summed E-state index contributed by atoms with van der Waals surface area (Å²) in [5.41, 5.74) is 0.141. The Labute approximate surface area is 265 Å². The number of nitrogens with one attached hydrogen (secondary N) is 2. The monoisotopic (exact) mass is 649 g/mol. The summed E-state index contributed by atoms with van der Waals surface area (Å²) in [6.07, 6.45) is -3.24. The number of hydrogen-bond donors (Lipinski definition) is 3. The van der Waals surface area contributed by atoms with Crippen LogP contribution in [-0.2, 0) is 27.1 Å². The molecule has 2 atom stereocenters. The minimum absolute atomic E-state index is 0.0869. The third-order valence-electron chi connectivity index (χ3n) is 7.50. The van der Waals surface area contributed by atoms with Gasteiger partial charge < -0.3 is 15.7 Å². The Kier molecular flexibility index (Phi) is 9.22. The van der Waals surface area contributed by atoms with Crippen LogP contribution in [0.15, 0.2) is 91.0 Å². The van der Waals surface area contributed by atoms with Crippen LogP contribution in [0, 0.1) is 5.82 Å². The minimum atomic E-state index is -4.72. The second-order valence-electron chi connectivity index (χ2n) is 10.5. The maximum atomic E-state index is 14.3. The fraction of sp³-hybridized carbons (Fsp3) is 0.182. The lowest BCUT2D eigenvalue weighted by Gasteiger charge is -2.38. The van der Waals surface area contributed by atoms with E-state index in [0.29, 0.717) is 34.8 Å². The van der Waals surface area contributed by atoms with Gasteiger partial charge in [-0.3, -0.25) is 19.3 Å². The molecule has 242 valence electrons. The lowest BCUT2D eigenvalue weighted by atomic mass is 9.80. The van der Waals surface area contributed by atoms with Gasteiger partial charge >= 0.3 is 12.1 Å². The van der Waals surface area contributed by atoms with Crippen LogP contribution < -0.4 is 15.5 Å². The van der Waals surface area contributed by atoms with Gasteiger partial charge in [0.05, 0.1) is 23.5 Å². The van der Waals surface area contributed by atoms with Gasteiger partial charge in [0.2, 0.25) is 5.91 Å². The highest BCUT2D eigenvalue weighted by Gasteiger charge is 2.46. The van der Waals surface area contributed by atoms with Gasteiger partial charge in [-0.25, -0.2) is 13.9 Å². The number of benzene rings is 3. The number of carbonyl (C=O) groups excluding carboxylic acids is 3. The van der Waals surface area contributed by atoms with Crippen LogP contribution in [0.25, 0.3) is 5.69 Å². The van der Waals surface area contributed by atoms with Crippen LogP contribution in [0.4, 0.5) is 23.4 Å².